The van der Waals surface area contributed by atoms with Crippen LogP contribution >= 0.6 is 0 Å². The monoisotopic (exact) mass is 266 g/mol. The molecule has 1 unspecified atom stereocenters. The van der Waals surface area contributed by atoms with Crippen LogP contribution in [0.5, 0.6) is 0 Å². The molecule has 0 saturated carbocycles. The van der Waals surface area contributed by atoms with Crippen molar-refractivity contribution in [1.82, 2.24) is 0 Å². The Balaban J connectivity index is 3.24. The van der Waals surface area contributed by atoms with E-state index in [0.717, 1.165) is 11.1 Å². The SMILES string of the molecule is Cc1cccc(C(C)C)c1NS(=O)(=O)C(C)C#N. The van der Waals surface area contributed by atoms with E-state index in [-0.39, 0.29) is 5.92 Å². The van der Waals surface area contributed by atoms with Crippen LogP contribution in [0, 0.1) is 18.3 Å². The normalized spacial score (nSPS) is 13.1. The van der Waals surface area contributed by atoms with Crippen molar-refractivity contribution in [3.8, 4) is 6.07 Å². The van der Waals surface area contributed by atoms with Crippen molar-refractivity contribution >= 4 is 15.7 Å². The lowest BCUT2D eigenvalue weighted by Gasteiger charge is -2.18. The first kappa shape index (κ1) is 14.5. The van der Waals surface area contributed by atoms with E-state index in [2.05, 4.69) is 4.72 Å². The number of aryl methyl sites for hydroxylation is 1. The Kier molecular flexibility index (Phi) is 4.36. The molecule has 0 aliphatic carbocycles. The number of sulfonamides is 1. The van der Waals surface area contributed by atoms with Gasteiger partial charge in [-0.3, -0.25) is 4.72 Å². The number of benzene rings is 1. The zero-order valence-electron chi connectivity index (χ0n) is 11.1. The summed E-state index contributed by atoms with van der Waals surface area (Å²) in [5.41, 5.74) is 2.38. The molecular weight excluding hydrogens is 248 g/mol. The lowest BCUT2D eigenvalue weighted by atomic mass is 9.99. The van der Waals surface area contributed by atoms with E-state index in [1.165, 1.54) is 6.92 Å². The zero-order valence-corrected chi connectivity index (χ0v) is 11.9. The van der Waals surface area contributed by atoms with Crippen LogP contribution in [0.1, 0.15) is 37.8 Å². The molecule has 0 aliphatic rings. The van der Waals surface area contributed by atoms with E-state index in [0.29, 0.717) is 5.69 Å². The van der Waals surface area contributed by atoms with Gasteiger partial charge < -0.3 is 0 Å². The second-order valence-corrected chi connectivity index (χ2v) is 6.61. The summed E-state index contributed by atoms with van der Waals surface area (Å²) in [5.74, 6) is 0.208. The molecule has 5 heteroatoms. The van der Waals surface area contributed by atoms with Gasteiger partial charge in [-0.15, -0.1) is 0 Å². The average molecular weight is 266 g/mol. The van der Waals surface area contributed by atoms with Gasteiger partial charge in [0.1, 0.15) is 0 Å². The number of nitriles is 1. The number of rotatable bonds is 4. The maximum Gasteiger partial charge on any atom is 0.248 e. The number of nitrogens with one attached hydrogen (secondary N) is 1. The van der Waals surface area contributed by atoms with Gasteiger partial charge in [-0.1, -0.05) is 32.0 Å². The fourth-order valence-corrected chi connectivity index (χ4v) is 2.49. The minimum Gasteiger partial charge on any atom is -0.282 e. The standard InChI is InChI=1S/C13H18N2O2S/c1-9(2)12-7-5-6-10(3)13(12)15-18(16,17)11(4)8-14/h5-7,9,11,15H,1-4H3. The summed E-state index contributed by atoms with van der Waals surface area (Å²) >= 11 is 0. The van der Waals surface area contributed by atoms with Gasteiger partial charge >= 0.3 is 0 Å². The molecule has 4 nitrogen and oxygen atoms in total. The molecule has 98 valence electrons. The van der Waals surface area contributed by atoms with Crippen LogP contribution in [0.15, 0.2) is 18.2 Å². The van der Waals surface area contributed by atoms with E-state index in [1.807, 2.05) is 39.0 Å². The van der Waals surface area contributed by atoms with Crippen LogP contribution in [0.25, 0.3) is 0 Å². The van der Waals surface area contributed by atoms with Gasteiger partial charge in [0.05, 0.1) is 11.8 Å². The van der Waals surface area contributed by atoms with Crippen LogP contribution in [0.2, 0.25) is 0 Å². The lowest BCUT2D eigenvalue weighted by molar-refractivity contribution is 0.597. The zero-order chi connectivity index (χ0) is 13.9. The number of para-hydroxylation sites is 1. The Morgan fingerprint density at radius 3 is 2.39 bits per heavy atom. The fourth-order valence-electron chi connectivity index (χ4n) is 1.61. The molecule has 1 N–H and O–H groups in total. The summed E-state index contributed by atoms with van der Waals surface area (Å²) < 4.78 is 26.4. The van der Waals surface area contributed by atoms with E-state index in [4.69, 9.17) is 5.26 Å². The van der Waals surface area contributed by atoms with E-state index in [9.17, 15) is 8.42 Å². The minimum atomic E-state index is -3.65. The number of hydrogen-bond acceptors (Lipinski definition) is 3. The van der Waals surface area contributed by atoms with E-state index in [1.54, 1.807) is 6.07 Å². The maximum absolute atomic E-state index is 11.9. The Labute approximate surface area is 109 Å². The number of hydrogen-bond donors (Lipinski definition) is 1. The molecule has 1 aromatic rings. The van der Waals surface area contributed by atoms with E-state index >= 15 is 0 Å². The van der Waals surface area contributed by atoms with Gasteiger partial charge in [-0.2, -0.15) is 5.26 Å². The first-order valence-electron chi connectivity index (χ1n) is 5.80. The maximum atomic E-state index is 11.9. The van der Waals surface area contributed by atoms with Crippen molar-refractivity contribution in [2.75, 3.05) is 4.72 Å². The number of anilines is 1. The third kappa shape index (κ3) is 3.02. The molecule has 0 aromatic heterocycles. The quantitative estimate of drug-likeness (QED) is 0.911. The molecule has 0 amide bonds. The second-order valence-electron chi connectivity index (χ2n) is 4.61. The molecule has 0 radical (unpaired) electrons. The van der Waals surface area contributed by atoms with Gasteiger partial charge in [0.15, 0.2) is 5.25 Å². The van der Waals surface area contributed by atoms with Gasteiger partial charge in [0, 0.05) is 0 Å². The van der Waals surface area contributed by atoms with Crippen LogP contribution in [0.4, 0.5) is 5.69 Å². The highest BCUT2D eigenvalue weighted by Crippen LogP contribution is 2.28. The first-order chi connectivity index (χ1) is 8.29. The molecule has 0 fully saturated rings. The Hall–Kier alpha value is -1.54. The van der Waals surface area contributed by atoms with Crippen molar-refractivity contribution in [2.24, 2.45) is 0 Å². The lowest BCUT2D eigenvalue weighted by Crippen LogP contribution is -2.25. The van der Waals surface area contributed by atoms with Crippen LogP contribution in [0.3, 0.4) is 0 Å². The average Bonchev–Trinajstić information content (AvgIpc) is 2.30. The summed E-state index contributed by atoms with van der Waals surface area (Å²) in [4.78, 5) is 0. The highest BCUT2D eigenvalue weighted by Gasteiger charge is 2.22. The van der Waals surface area contributed by atoms with Crippen LogP contribution in [-0.4, -0.2) is 13.7 Å². The largest absolute Gasteiger partial charge is 0.282 e. The predicted molar refractivity (Wildman–Crippen MR) is 72.9 cm³/mol. The van der Waals surface area contributed by atoms with Crippen LogP contribution < -0.4 is 4.72 Å². The van der Waals surface area contributed by atoms with Crippen molar-refractivity contribution in [1.29, 1.82) is 5.26 Å². The molecule has 0 spiro atoms. The molecular formula is C13H18N2O2S. The smallest absolute Gasteiger partial charge is 0.248 e. The van der Waals surface area contributed by atoms with Crippen molar-refractivity contribution in [3.63, 3.8) is 0 Å². The molecule has 1 rings (SSSR count). The van der Waals surface area contributed by atoms with Gasteiger partial charge in [0.2, 0.25) is 10.0 Å². The molecule has 0 saturated heterocycles. The summed E-state index contributed by atoms with van der Waals surface area (Å²) in [6.45, 7) is 7.22. The molecule has 0 aliphatic heterocycles. The molecule has 18 heavy (non-hydrogen) atoms. The number of nitrogens with zero attached hydrogens (tertiary/aromatic N) is 1. The van der Waals surface area contributed by atoms with Gasteiger partial charge in [0.25, 0.3) is 0 Å². The second kappa shape index (κ2) is 5.40. The minimum absolute atomic E-state index is 0.208. The Bertz CT molecular complexity index is 571. The first-order valence-corrected chi connectivity index (χ1v) is 7.35. The van der Waals surface area contributed by atoms with Crippen molar-refractivity contribution in [2.45, 2.75) is 38.9 Å². The van der Waals surface area contributed by atoms with E-state index < -0.39 is 15.3 Å². The Morgan fingerprint density at radius 1 is 1.28 bits per heavy atom. The highest BCUT2D eigenvalue weighted by atomic mass is 32.2. The van der Waals surface area contributed by atoms with Crippen molar-refractivity contribution in [3.05, 3.63) is 29.3 Å². The summed E-state index contributed by atoms with van der Waals surface area (Å²) in [7, 11) is -3.65. The van der Waals surface area contributed by atoms with Crippen LogP contribution in [-0.2, 0) is 10.0 Å². The third-order valence-electron chi connectivity index (χ3n) is 2.82. The third-order valence-corrected chi connectivity index (χ3v) is 4.34. The summed E-state index contributed by atoms with van der Waals surface area (Å²) in [6, 6.07) is 7.39. The summed E-state index contributed by atoms with van der Waals surface area (Å²) in [6.07, 6.45) is 0. The van der Waals surface area contributed by atoms with Crippen molar-refractivity contribution < 1.29 is 8.42 Å². The molecule has 1 atom stereocenters. The molecule has 1 aromatic carbocycles. The fraction of sp³-hybridized carbons (Fsp3) is 0.462. The molecule has 0 bridgehead atoms. The Morgan fingerprint density at radius 2 is 1.89 bits per heavy atom. The summed E-state index contributed by atoms with van der Waals surface area (Å²) in [5, 5.41) is 7.65. The molecule has 0 heterocycles. The highest BCUT2D eigenvalue weighted by molar-refractivity contribution is 7.93. The topological polar surface area (TPSA) is 70.0 Å². The van der Waals surface area contributed by atoms with Gasteiger partial charge in [-0.05, 0) is 30.9 Å². The predicted octanol–water partition coefficient (Wildman–Crippen LogP) is 2.77. The van der Waals surface area contributed by atoms with Gasteiger partial charge in [-0.25, -0.2) is 8.42 Å².